The number of thiol groups is 2. The van der Waals surface area contributed by atoms with Gasteiger partial charge < -0.3 is 19.8 Å². The molecule has 0 amide bonds. The molecule has 2 aliphatic rings. The van der Waals surface area contributed by atoms with Gasteiger partial charge in [-0.15, -0.1) is 48.8 Å². The fourth-order valence-electron chi connectivity index (χ4n) is 5.38. The molecule has 208 valence electrons. The van der Waals surface area contributed by atoms with Gasteiger partial charge in [-0.3, -0.25) is 0 Å². The van der Waals surface area contributed by atoms with Crippen molar-refractivity contribution in [1.82, 2.24) is 19.8 Å². The maximum atomic E-state index is 5.74. The van der Waals surface area contributed by atoms with Gasteiger partial charge in [0.05, 0.1) is 10.1 Å². The van der Waals surface area contributed by atoms with E-state index in [0.29, 0.717) is 5.11 Å². The van der Waals surface area contributed by atoms with Crippen LogP contribution in [0.5, 0.6) is 0 Å². The fraction of sp³-hybridized carbons (Fsp3) is 0.593. The molecule has 38 heavy (non-hydrogen) atoms. The van der Waals surface area contributed by atoms with Crippen LogP contribution < -0.4 is 10.6 Å². The minimum absolute atomic E-state index is 0.109. The molecule has 0 bridgehead atoms. The number of nitrogens with one attached hydrogen (secondary N) is 2. The van der Waals surface area contributed by atoms with Crippen molar-refractivity contribution < 1.29 is 0 Å². The van der Waals surface area contributed by atoms with E-state index in [0.717, 1.165) is 82.5 Å². The lowest BCUT2D eigenvalue weighted by atomic mass is 9.97. The Hall–Kier alpha value is -0.170. The van der Waals surface area contributed by atoms with Gasteiger partial charge in [-0.1, -0.05) is 24.4 Å². The van der Waals surface area contributed by atoms with Crippen molar-refractivity contribution in [1.29, 1.82) is 0 Å². The molecule has 0 aliphatic carbocycles. The van der Waals surface area contributed by atoms with Crippen LogP contribution in [-0.4, -0.2) is 38.8 Å². The zero-order valence-corrected chi connectivity index (χ0v) is 28.4. The van der Waals surface area contributed by atoms with E-state index in [9.17, 15) is 0 Å². The Morgan fingerprint density at radius 2 is 1.21 bits per heavy atom. The van der Waals surface area contributed by atoms with Gasteiger partial charge in [0.2, 0.25) is 0 Å². The molecule has 2 aromatic heterocycles. The molecule has 2 aromatic rings. The lowest BCUT2D eigenvalue weighted by molar-refractivity contribution is 0.291. The summed E-state index contributed by atoms with van der Waals surface area (Å²) in [5.41, 5.74) is 2.47. The van der Waals surface area contributed by atoms with Gasteiger partial charge in [-0.2, -0.15) is 0 Å². The number of nitrogens with zero attached hydrogens (tertiary/aromatic N) is 2. The third-order valence-corrected chi connectivity index (χ3v) is 11.4. The fourth-order valence-corrected chi connectivity index (χ4v) is 10.3. The molecular weight excluding hydrogens is 605 g/mol. The van der Waals surface area contributed by atoms with Crippen molar-refractivity contribution in [2.45, 2.75) is 97.1 Å². The van der Waals surface area contributed by atoms with E-state index < -0.39 is 0 Å². The van der Waals surface area contributed by atoms with Crippen LogP contribution in [-0.2, 0) is 23.9 Å². The third-order valence-electron chi connectivity index (χ3n) is 7.44. The summed E-state index contributed by atoms with van der Waals surface area (Å²) in [6, 6.07) is 4.30. The quantitative estimate of drug-likeness (QED) is 0.120. The number of hydrogen-bond acceptors (Lipinski definition) is 7. The van der Waals surface area contributed by atoms with Crippen molar-refractivity contribution in [3.05, 3.63) is 32.5 Å². The number of thioether (sulfide) groups is 2. The van der Waals surface area contributed by atoms with Crippen molar-refractivity contribution in [2.24, 2.45) is 0 Å². The predicted molar refractivity (Wildman–Crippen MR) is 180 cm³/mol. The molecule has 0 radical (unpaired) electrons. The van der Waals surface area contributed by atoms with Crippen LogP contribution in [0.3, 0.4) is 0 Å². The summed E-state index contributed by atoms with van der Waals surface area (Å²) in [5, 5.41) is 9.53. The van der Waals surface area contributed by atoms with E-state index in [1.807, 2.05) is 23.5 Å². The minimum Gasteiger partial charge on any atom is -0.363 e. The van der Waals surface area contributed by atoms with E-state index in [-0.39, 0.29) is 11.1 Å². The van der Waals surface area contributed by atoms with Gasteiger partial charge in [0.25, 0.3) is 0 Å². The maximum Gasteiger partial charge on any atom is 0.166 e. The number of rotatable bonds is 10. The Morgan fingerprint density at radius 3 is 1.61 bits per heavy atom. The second-order valence-corrected chi connectivity index (χ2v) is 15.5. The Morgan fingerprint density at radius 1 is 0.816 bits per heavy atom. The Kier molecular flexibility index (Phi) is 10.4. The van der Waals surface area contributed by atoms with Crippen LogP contribution in [0.15, 0.2) is 32.0 Å². The topological polar surface area (TPSA) is 33.9 Å². The highest BCUT2D eigenvalue weighted by Gasteiger charge is 2.27. The highest BCUT2D eigenvalue weighted by Crippen LogP contribution is 2.39. The van der Waals surface area contributed by atoms with Gasteiger partial charge in [0, 0.05) is 45.5 Å². The molecule has 4 heterocycles. The molecule has 0 atom stereocenters. The summed E-state index contributed by atoms with van der Waals surface area (Å²) in [7, 11) is 0. The van der Waals surface area contributed by atoms with Crippen molar-refractivity contribution >= 4 is 90.5 Å². The molecule has 2 aliphatic heterocycles. The summed E-state index contributed by atoms with van der Waals surface area (Å²) >= 11 is 30.6. The first kappa shape index (κ1) is 30.8. The van der Waals surface area contributed by atoms with E-state index in [1.54, 1.807) is 0 Å². The van der Waals surface area contributed by atoms with Crippen molar-refractivity contribution in [2.75, 3.05) is 24.6 Å². The average Bonchev–Trinajstić information content (AvgIpc) is 3.49. The maximum absolute atomic E-state index is 5.74. The molecule has 0 saturated heterocycles. The van der Waals surface area contributed by atoms with Gasteiger partial charge in [0.1, 0.15) is 9.28 Å². The van der Waals surface area contributed by atoms with Crippen LogP contribution in [0.2, 0.25) is 0 Å². The summed E-state index contributed by atoms with van der Waals surface area (Å²) in [6.07, 6.45) is 6.08. The zero-order valence-electron chi connectivity index (χ0n) is 22.6. The molecule has 4 nitrogen and oxygen atoms in total. The Bertz CT molecular complexity index is 1230. The summed E-state index contributed by atoms with van der Waals surface area (Å²) < 4.78 is 6.20. The number of fused-ring (bicyclic) bond motifs is 2. The van der Waals surface area contributed by atoms with Crippen LogP contribution in [0.4, 0.5) is 0 Å². The second kappa shape index (κ2) is 12.8. The molecule has 0 aromatic carbocycles. The Balaban J connectivity index is 1.21. The van der Waals surface area contributed by atoms with E-state index in [2.05, 4.69) is 59.6 Å². The van der Waals surface area contributed by atoms with Crippen molar-refractivity contribution in [3.8, 4) is 0 Å². The van der Waals surface area contributed by atoms with Crippen molar-refractivity contribution in [3.63, 3.8) is 0 Å². The number of thiocarbonyl (C=S) groups is 1. The van der Waals surface area contributed by atoms with Gasteiger partial charge in [-0.05, 0) is 102 Å². The van der Waals surface area contributed by atoms with Crippen LogP contribution in [0.1, 0.15) is 64.5 Å². The first-order valence-electron chi connectivity index (χ1n) is 13.2. The van der Waals surface area contributed by atoms with Gasteiger partial charge in [-0.25, -0.2) is 0 Å². The molecule has 2 N–H and O–H groups in total. The SMILES string of the molecule is CC(C)(CCCNC(=S)NCCCC(C)(C)n1c(S)c2c(cc1=S)SCC2)n1c(S)c2c(cc1=S)SCC2. The Labute approximate surface area is 262 Å². The number of pyridine rings is 2. The van der Waals surface area contributed by atoms with Gasteiger partial charge >= 0.3 is 0 Å². The predicted octanol–water partition coefficient (Wildman–Crippen LogP) is 7.82. The number of aromatic nitrogens is 2. The standard InChI is InChI=1S/C27H38N4S7/c1-26(2,30-21(32)15-19-17(23(30)34)7-13-37-19)9-5-11-28-25(36)29-12-6-10-27(3,4)31-22(33)16-20-18(24(31)35)8-14-38-20/h15-16,34-35H,5-14H2,1-4H3,(H2,28,29,36). The molecule has 4 rings (SSSR count). The lowest BCUT2D eigenvalue weighted by Gasteiger charge is -2.32. The smallest absolute Gasteiger partial charge is 0.166 e. The average molecular weight is 643 g/mol. The first-order chi connectivity index (χ1) is 17.9. The second-order valence-electron chi connectivity index (χ2n) is 11.2. The molecule has 0 fully saturated rings. The normalized spacial score (nSPS) is 14.9. The zero-order chi connectivity index (χ0) is 27.7. The number of hydrogen-bond donors (Lipinski definition) is 4. The minimum atomic E-state index is -0.109. The van der Waals surface area contributed by atoms with E-state index in [4.69, 9.17) is 61.9 Å². The molecule has 0 unspecified atom stereocenters. The highest BCUT2D eigenvalue weighted by molar-refractivity contribution is 8.00. The van der Waals surface area contributed by atoms with Crippen LogP contribution in [0.25, 0.3) is 0 Å². The largest absolute Gasteiger partial charge is 0.363 e. The molecule has 0 spiro atoms. The third kappa shape index (κ3) is 6.82. The highest BCUT2D eigenvalue weighted by atomic mass is 32.2. The first-order valence-corrected chi connectivity index (χ1v) is 17.3. The lowest BCUT2D eigenvalue weighted by Crippen LogP contribution is -2.38. The van der Waals surface area contributed by atoms with Crippen LogP contribution >= 0.6 is 85.4 Å². The summed E-state index contributed by atoms with van der Waals surface area (Å²) in [5.74, 6) is 2.23. The summed E-state index contributed by atoms with van der Waals surface area (Å²) in [6.45, 7) is 10.6. The molecule has 0 saturated carbocycles. The van der Waals surface area contributed by atoms with Gasteiger partial charge in [0.15, 0.2) is 5.11 Å². The van der Waals surface area contributed by atoms with E-state index in [1.165, 1.54) is 20.9 Å². The van der Waals surface area contributed by atoms with E-state index >= 15 is 0 Å². The summed E-state index contributed by atoms with van der Waals surface area (Å²) in [4.78, 5) is 2.60. The van der Waals surface area contributed by atoms with Crippen LogP contribution in [0, 0.1) is 9.28 Å². The monoisotopic (exact) mass is 642 g/mol. The molecule has 11 heteroatoms. The molecular formula is C27H38N4S7.